The van der Waals surface area contributed by atoms with Crippen molar-refractivity contribution >= 4 is 43.8 Å². The van der Waals surface area contributed by atoms with Crippen LogP contribution in [0.1, 0.15) is 25.4 Å². The van der Waals surface area contributed by atoms with Crippen LogP contribution in [0.25, 0.3) is 0 Å². The van der Waals surface area contributed by atoms with E-state index in [1.54, 1.807) is 23.7 Å². The Morgan fingerprint density at radius 3 is 2.76 bits per heavy atom. The topological polar surface area (TPSA) is 82.6 Å². The van der Waals surface area contributed by atoms with Gasteiger partial charge in [-0.05, 0) is 62.1 Å². The predicted molar refractivity (Wildman–Crippen MR) is 134 cm³/mol. The van der Waals surface area contributed by atoms with Crippen LogP contribution in [0.3, 0.4) is 0 Å². The highest BCUT2D eigenvalue weighted by atomic mass is 32.2. The van der Waals surface area contributed by atoms with Crippen LogP contribution in [0.4, 0.5) is 16.5 Å². The van der Waals surface area contributed by atoms with Gasteiger partial charge in [0.2, 0.25) is 5.91 Å². The maximum absolute atomic E-state index is 13.4. The number of amides is 1. The number of hydrogen-bond acceptors (Lipinski definition) is 6. The zero-order valence-electron chi connectivity index (χ0n) is 18.4. The van der Waals surface area contributed by atoms with Crippen molar-refractivity contribution in [2.75, 3.05) is 34.2 Å². The van der Waals surface area contributed by atoms with Crippen LogP contribution in [0.2, 0.25) is 0 Å². The van der Waals surface area contributed by atoms with Gasteiger partial charge >= 0.3 is 0 Å². The molecule has 33 heavy (non-hydrogen) atoms. The number of aromatic nitrogens is 1. The third-order valence-corrected chi connectivity index (χ3v) is 8.50. The van der Waals surface area contributed by atoms with Crippen molar-refractivity contribution in [3.05, 3.63) is 65.2 Å². The largest absolute Gasteiger partial charge is 0.371 e. The molecule has 5 rings (SSSR count). The number of hydrogen-bond donors (Lipinski definition) is 1. The number of thiazole rings is 1. The van der Waals surface area contributed by atoms with Gasteiger partial charge in [-0.25, -0.2) is 13.4 Å². The third kappa shape index (κ3) is 4.47. The molecule has 2 aromatic carbocycles. The minimum atomic E-state index is -3.68. The zero-order chi connectivity index (χ0) is 23.0. The maximum Gasteiger partial charge on any atom is 0.263 e. The summed E-state index contributed by atoms with van der Waals surface area (Å²) in [5.74, 6) is 0.126. The average Bonchev–Trinajstić information content (AvgIpc) is 3.50. The van der Waals surface area contributed by atoms with Crippen molar-refractivity contribution in [1.82, 2.24) is 4.98 Å². The Bertz CT molecular complexity index is 1260. The van der Waals surface area contributed by atoms with Gasteiger partial charge in [0.25, 0.3) is 10.0 Å². The molecule has 9 heteroatoms. The number of carbonyl (C=O) groups is 1. The standard InChI is InChI=1S/C24H26N4O3S2.H2/c1-17-4-9-22-18(15-17)3-2-12-28(22)23(29)19-10-13-27(16-19)20-5-7-21(8-6-20)33(30,31)26-24-25-11-14-32-24;/h4-9,11,14-15,19H,2-3,10,12-13,16H2,1H3,(H,25,26);1H. The first kappa shape index (κ1) is 21.9. The number of benzene rings is 2. The van der Waals surface area contributed by atoms with Gasteiger partial charge in [-0.1, -0.05) is 17.7 Å². The van der Waals surface area contributed by atoms with Crippen LogP contribution in [0, 0.1) is 12.8 Å². The summed E-state index contributed by atoms with van der Waals surface area (Å²) in [6.07, 6.45) is 4.36. The van der Waals surface area contributed by atoms with Crippen molar-refractivity contribution in [2.45, 2.75) is 31.1 Å². The van der Waals surface area contributed by atoms with E-state index < -0.39 is 10.0 Å². The number of sulfonamides is 1. The Morgan fingerprint density at radius 2 is 2.00 bits per heavy atom. The number of nitrogens with zero attached hydrogens (tertiary/aromatic N) is 3. The molecule has 0 saturated carbocycles. The number of aryl methyl sites for hydroxylation is 2. The lowest BCUT2D eigenvalue weighted by Crippen LogP contribution is -2.40. The van der Waals surface area contributed by atoms with E-state index >= 15 is 0 Å². The average molecular weight is 485 g/mol. The van der Waals surface area contributed by atoms with E-state index in [4.69, 9.17) is 0 Å². The minimum Gasteiger partial charge on any atom is -0.371 e. The number of nitrogens with one attached hydrogen (secondary N) is 1. The van der Waals surface area contributed by atoms with E-state index in [9.17, 15) is 13.2 Å². The molecule has 1 saturated heterocycles. The quantitative estimate of drug-likeness (QED) is 0.584. The highest BCUT2D eigenvalue weighted by Crippen LogP contribution is 2.32. The fourth-order valence-corrected chi connectivity index (χ4v) is 6.44. The molecule has 0 aliphatic carbocycles. The summed E-state index contributed by atoms with van der Waals surface area (Å²) >= 11 is 1.23. The summed E-state index contributed by atoms with van der Waals surface area (Å²) in [7, 11) is -3.68. The Labute approximate surface area is 199 Å². The minimum absolute atomic E-state index is 0. The van der Waals surface area contributed by atoms with Crippen LogP contribution in [-0.2, 0) is 21.2 Å². The van der Waals surface area contributed by atoms with E-state index in [-0.39, 0.29) is 18.1 Å². The Kier molecular flexibility index (Phi) is 5.84. The van der Waals surface area contributed by atoms with Crippen molar-refractivity contribution in [3.8, 4) is 0 Å². The molecule has 1 amide bonds. The first-order chi connectivity index (χ1) is 15.9. The molecule has 2 aliphatic rings. The van der Waals surface area contributed by atoms with Crippen LogP contribution >= 0.6 is 11.3 Å². The molecule has 7 nitrogen and oxygen atoms in total. The zero-order valence-corrected chi connectivity index (χ0v) is 20.0. The van der Waals surface area contributed by atoms with E-state index in [0.29, 0.717) is 11.7 Å². The summed E-state index contributed by atoms with van der Waals surface area (Å²) in [5.41, 5.74) is 4.46. The van der Waals surface area contributed by atoms with E-state index in [1.165, 1.54) is 22.5 Å². The summed E-state index contributed by atoms with van der Waals surface area (Å²) in [4.78, 5) is 21.7. The second-order valence-corrected chi connectivity index (χ2v) is 11.2. The smallest absolute Gasteiger partial charge is 0.263 e. The van der Waals surface area contributed by atoms with Gasteiger partial charge in [-0.3, -0.25) is 9.52 Å². The SMILES string of the molecule is Cc1ccc2c(c1)CCCN2C(=O)C1CCN(c2ccc(S(=O)(=O)Nc3nccs3)cc2)C1.[HH]. The van der Waals surface area contributed by atoms with Gasteiger partial charge in [0, 0.05) is 44.0 Å². The molecule has 0 radical (unpaired) electrons. The van der Waals surface area contributed by atoms with Crippen molar-refractivity contribution in [3.63, 3.8) is 0 Å². The monoisotopic (exact) mass is 484 g/mol. The second kappa shape index (κ2) is 8.79. The molecular weight excluding hydrogens is 456 g/mol. The predicted octanol–water partition coefficient (Wildman–Crippen LogP) is 4.30. The molecule has 1 aromatic heterocycles. The van der Waals surface area contributed by atoms with Crippen LogP contribution < -0.4 is 14.5 Å². The molecule has 1 N–H and O–H groups in total. The van der Waals surface area contributed by atoms with Gasteiger partial charge in [0.1, 0.15) is 0 Å². The van der Waals surface area contributed by atoms with Crippen LogP contribution in [0.5, 0.6) is 0 Å². The second-order valence-electron chi connectivity index (χ2n) is 8.59. The van der Waals surface area contributed by atoms with E-state index in [0.717, 1.165) is 43.7 Å². The third-order valence-electron chi connectivity index (χ3n) is 6.32. The molecule has 1 atom stereocenters. The van der Waals surface area contributed by atoms with Crippen LogP contribution in [-0.4, -0.2) is 38.9 Å². The first-order valence-corrected chi connectivity index (χ1v) is 13.5. The molecule has 1 fully saturated rings. The van der Waals surface area contributed by atoms with Gasteiger partial charge in [0.15, 0.2) is 5.13 Å². The Morgan fingerprint density at radius 1 is 1.18 bits per heavy atom. The number of fused-ring (bicyclic) bond motifs is 1. The Hall–Kier alpha value is -2.91. The van der Waals surface area contributed by atoms with Gasteiger partial charge in [-0.2, -0.15) is 0 Å². The van der Waals surface area contributed by atoms with Crippen LogP contribution in [0.15, 0.2) is 58.9 Å². The molecule has 0 bridgehead atoms. The molecule has 0 spiro atoms. The summed E-state index contributed by atoms with van der Waals surface area (Å²) in [6.45, 7) is 4.26. The molecule has 1 unspecified atom stereocenters. The van der Waals surface area contributed by atoms with E-state index in [2.05, 4.69) is 39.7 Å². The lowest BCUT2D eigenvalue weighted by Gasteiger charge is -2.32. The normalized spacial score (nSPS) is 18.3. The van der Waals surface area contributed by atoms with Gasteiger partial charge in [-0.15, -0.1) is 11.3 Å². The van der Waals surface area contributed by atoms with Crippen molar-refractivity contribution in [1.29, 1.82) is 0 Å². The number of anilines is 3. The molecule has 2 aliphatic heterocycles. The van der Waals surface area contributed by atoms with Crippen molar-refractivity contribution in [2.24, 2.45) is 5.92 Å². The Balaban J connectivity index is 0.00000274. The van der Waals surface area contributed by atoms with E-state index in [1.807, 2.05) is 17.0 Å². The van der Waals surface area contributed by atoms with Gasteiger partial charge < -0.3 is 9.80 Å². The van der Waals surface area contributed by atoms with Crippen molar-refractivity contribution < 1.29 is 14.6 Å². The number of carbonyl (C=O) groups excluding carboxylic acids is 1. The molecular formula is C24H28N4O3S2. The molecule has 174 valence electrons. The lowest BCUT2D eigenvalue weighted by molar-refractivity contribution is -0.121. The first-order valence-electron chi connectivity index (χ1n) is 11.1. The number of rotatable bonds is 5. The van der Waals surface area contributed by atoms with Gasteiger partial charge in [0.05, 0.1) is 10.8 Å². The highest BCUT2D eigenvalue weighted by molar-refractivity contribution is 7.93. The molecule has 3 heterocycles. The fourth-order valence-electron chi connectivity index (χ4n) is 4.66. The highest BCUT2D eigenvalue weighted by Gasteiger charge is 2.34. The molecule has 3 aromatic rings. The fraction of sp³-hybridized carbons (Fsp3) is 0.333. The summed E-state index contributed by atoms with van der Waals surface area (Å²) in [6, 6.07) is 13.2. The lowest BCUT2D eigenvalue weighted by atomic mass is 9.97. The maximum atomic E-state index is 13.4. The summed E-state index contributed by atoms with van der Waals surface area (Å²) in [5, 5.41) is 2.06. The summed E-state index contributed by atoms with van der Waals surface area (Å²) < 4.78 is 27.6.